The number of thiocarbonyl (C=S) groups is 1. The molecule has 0 aromatic heterocycles. The van der Waals surface area contributed by atoms with Crippen LogP contribution in [0.1, 0.15) is 19.3 Å². The van der Waals surface area contributed by atoms with E-state index in [1.807, 2.05) is 78.9 Å². The van der Waals surface area contributed by atoms with Crippen LogP contribution in [0.5, 0.6) is 23.0 Å². The van der Waals surface area contributed by atoms with Crippen LogP contribution in [0.15, 0.2) is 78.9 Å². The fraction of sp³-hybridized carbons (Fsp3) is 0.208. The third-order valence-electron chi connectivity index (χ3n) is 4.21. The van der Waals surface area contributed by atoms with Crippen LogP contribution in [0, 0.1) is 0 Å². The third kappa shape index (κ3) is 7.64. The van der Waals surface area contributed by atoms with Gasteiger partial charge in [-0.05, 0) is 67.9 Å². The first-order valence-corrected chi connectivity index (χ1v) is 10.3. The van der Waals surface area contributed by atoms with Crippen molar-refractivity contribution in [3.05, 3.63) is 78.9 Å². The third-order valence-corrected chi connectivity index (χ3v) is 4.31. The van der Waals surface area contributed by atoms with Crippen molar-refractivity contribution in [2.75, 3.05) is 18.5 Å². The Bertz CT molecular complexity index is 934. The van der Waals surface area contributed by atoms with Gasteiger partial charge in [0.05, 0.1) is 13.2 Å². The van der Waals surface area contributed by atoms with Gasteiger partial charge in [0.1, 0.15) is 23.0 Å². The Balaban J connectivity index is 1.32. The Hall–Kier alpha value is -3.25. The Morgan fingerprint density at radius 1 is 0.700 bits per heavy atom. The van der Waals surface area contributed by atoms with Crippen molar-refractivity contribution in [3.8, 4) is 23.0 Å². The van der Waals surface area contributed by atoms with Gasteiger partial charge in [-0.15, -0.1) is 0 Å². The molecule has 6 heteroatoms. The molecule has 0 bridgehead atoms. The van der Waals surface area contributed by atoms with E-state index in [1.165, 1.54) is 0 Å². The molecule has 0 unspecified atom stereocenters. The quantitative estimate of drug-likeness (QED) is 0.302. The smallest absolute Gasteiger partial charge is 0.168 e. The van der Waals surface area contributed by atoms with E-state index < -0.39 is 0 Å². The zero-order valence-electron chi connectivity index (χ0n) is 16.8. The van der Waals surface area contributed by atoms with E-state index >= 15 is 0 Å². The van der Waals surface area contributed by atoms with E-state index in [2.05, 4.69) is 5.32 Å². The molecule has 0 amide bonds. The molecule has 3 N–H and O–H groups in total. The van der Waals surface area contributed by atoms with E-state index in [9.17, 15) is 0 Å². The summed E-state index contributed by atoms with van der Waals surface area (Å²) in [5.74, 6) is 3.17. The summed E-state index contributed by atoms with van der Waals surface area (Å²) in [7, 11) is 0. The van der Waals surface area contributed by atoms with E-state index in [-0.39, 0.29) is 5.11 Å². The van der Waals surface area contributed by atoms with Crippen molar-refractivity contribution in [2.24, 2.45) is 5.73 Å². The fourth-order valence-corrected chi connectivity index (χ4v) is 2.94. The minimum Gasteiger partial charge on any atom is -0.494 e. The maximum absolute atomic E-state index is 5.85. The maximum Gasteiger partial charge on any atom is 0.168 e. The summed E-state index contributed by atoms with van der Waals surface area (Å²) in [6.07, 6.45) is 2.93. The number of nitrogens with one attached hydrogen (secondary N) is 1. The number of para-hydroxylation sites is 1. The van der Waals surface area contributed by atoms with Crippen molar-refractivity contribution in [1.29, 1.82) is 0 Å². The van der Waals surface area contributed by atoms with Crippen molar-refractivity contribution in [1.82, 2.24) is 0 Å². The van der Waals surface area contributed by atoms with Crippen molar-refractivity contribution in [3.63, 3.8) is 0 Å². The molecule has 0 saturated carbocycles. The SMILES string of the molecule is NC(=S)Nc1cccc(OCCCCCOc2cccc(Oc3ccccc3)c2)c1. The highest BCUT2D eigenvalue weighted by Gasteiger charge is 2.01. The predicted octanol–water partition coefficient (Wildman–Crippen LogP) is 5.76. The van der Waals surface area contributed by atoms with Gasteiger partial charge in [0.15, 0.2) is 5.11 Å². The van der Waals surface area contributed by atoms with Crippen LogP contribution in [0.25, 0.3) is 0 Å². The number of hydrogen-bond acceptors (Lipinski definition) is 4. The number of rotatable bonds is 11. The van der Waals surface area contributed by atoms with Crippen LogP contribution in [0.2, 0.25) is 0 Å². The molecule has 5 nitrogen and oxygen atoms in total. The Morgan fingerprint density at radius 3 is 2.00 bits per heavy atom. The molecule has 0 aliphatic heterocycles. The first kappa shape index (κ1) is 21.5. The molecule has 0 radical (unpaired) electrons. The summed E-state index contributed by atoms with van der Waals surface area (Å²) in [6, 6.07) is 25.0. The Kier molecular flexibility index (Phi) is 8.35. The van der Waals surface area contributed by atoms with Gasteiger partial charge >= 0.3 is 0 Å². The molecule has 0 fully saturated rings. The molecule has 156 valence electrons. The molecule has 0 aliphatic rings. The highest BCUT2D eigenvalue weighted by Crippen LogP contribution is 2.25. The highest BCUT2D eigenvalue weighted by atomic mass is 32.1. The van der Waals surface area contributed by atoms with Gasteiger partial charge in [-0.3, -0.25) is 0 Å². The maximum atomic E-state index is 5.85. The lowest BCUT2D eigenvalue weighted by Gasteiger charge is -2.10. The van der Waals surface area contributed by atoms with Crippen molar-refractivity contribution < 1.29 is 14.2 Å². The summed E-state index contributed by atoms with van der Waals surface area (Å²) >= 11 is 4.85. The van der Waals surface area contributed by atoms with E-state index in [0.717, 1.165) is 47.9 Å². The number of hydrogen-bond donors (Lipinski definition) is 2. The average Bonchev–Trinajstić information content (AvgIpc) is 2.74. The molecule has 3 aromatic carbocycles. The van der Waals surface area contributed by atoms with Gasteiger partial charge in [0, 0.05) is 17.8 Å². The number of nitrogens with two attached hydrogens (primary N) is 1. The minimum absolute atomic E-state index is 0.240. The Morgan fingerprint density at radius 2 is 1.30 bits per heavy atom. The number of ether oxygens (including phenoxy) is 3. The predicted molar refractivity (Wildman–Crippen MR) is 125 cm³/mol. The molecular formula is C24H26N2O3S. The van der Waals surface area contributed by atoms with Crippen LogP contribution < -0.4 is 25.3 Å². The molecule has 0 saturated heterocycles. The largest absolute Gasteiger partial charge is 0.494 e. The second kappa shape index (κ2) is 11.7. The van der Waals surface area contributed by atoms with Crippen molar-refractivity contribution in [2.45, 2.75) is 19.3 Å². The summed E-state index contributed by atoms with van der Waals surface area (Å²) < 4.78 is 17.5. The van der Waals surface area contributed by atoms with Gasteiger partial charge in [0.2, 0.25) is 0 Å². The minimum atomic E-state index is 0.240. The van der Waals surface area contributed by atoms with Crippen LogP contribution in [0.4, 0.5) is 5.69 Å². The van der Waals surface area contributed by atoms with Crippen LogP contribution in [-0.4, -0.2) is 18.3 Å². The zero-order chi connectivity index (χ0) is 21.0. The summed E-state index contributed by atoms with van der Waals surface area (Å²) in [5, 5.41) is 3.14. The lowest BCUT2D eigenvalue weighted by Crippen LogP contribution is -2.18. The highest BCUT2D eigenvalue weighted by molar-refractivity contribution is 7.80. The molecular weight excluding hydrogens is 396 g/mol. The summed E-state index contributed by atoms with van der Waals surface area (Å²) in [5.41, 5.74) is 6.31. The van der Waals surface area contributed by atoms with E-state index in [4.69, 9.17) is 32.2 Å². The van der Waals surface area contributed by atoms with Gasteiger partial charge in [-0.1, -0.05) is 30.3 Å². The van der Waals surface area contributed by atoms with Crippen LogP contribution in [0.3, 0.4) is 0 Å². The molecule has 3 rings (SSSR count). The Labute approximate surface area is 182 Å². The number of benzene rings is 3. The molecule has 30 heavy (non-hydrogen) atoms. The van der Waals surface area contributed by atoms with Crippen LogP contribution in [-0.2, 0) is 0 Å². The van der Waals surface area contributed by atoms with Gasteiger partial charge < -0.3 is 25.3 Å². The normalized spacial score (nSPS) is 10.3. The van der Waals surface area contributed by atoms with Crippen LogP contribution >= 0.6 is 12.2 Å². The molecule has 0 spiro atoms. The average molecular weight is 423 g/mol. The fourth-order valence-electron chi connectivity index (χ4n) is 2.82. The lowest BCUT2D eigenvalue weighted by atomic mass is 10.2. The van der Waals surface area contributed by atoms with E-state index in [1.54, 1.807) is 0 Å². The molecule has 0 atom stereocenters. The molecule has 0 aliphatic carbocycles. The standard InChI is InChI=1S/C24H26N2O3S/c25-24(30)26-19-9-7-12-21(17-19)27-15-5-2-6-16-28-22-13-8-14-23(18-22)29-20-10-3-1-4-11-20/h1,3-4,7-14,17-18H,2,5-6,15-16H2,(H3,25,26,30). The van der Waals surface area contributed by atoms with Gasteiger partial charge in [0.25, 0.3) is 0 Å². The lowest BCUT2D eigenvalue weighted by molar-refractivity contribution is 0.279. The first-order valence-electron chi connectivity index (χ1n) is 9.94. The summed E-state index contributed by atoms with van der Waals surface area (Å²) in [6.45, 7) is 1.30. The topological polar surface area (TPSA) is 65.7 Å². The number of anilines is 1. The first-order chi connectivity index (χ1) is 14.7. The second-order valence-corrected chi connectivity index (χ2v) is 7.10. The van der Waals surface area contributed by atoms with Gasteiger partial charge in [-0.2, -0.15) is 0 Å². The van der Waals surface area contributed by atoms with Crippen molar-refractivity contribution >= 4 is 23.0 Å². The van der Waals surface area contributed by atoms with Gasteiger partial charge in [-0.25, -0.2) is 0 Å². The number of unbranched alkanes of at least 4 members (excludes halogenated alkanes) is 2. The molecule has 3 aromatic rings. The molecule has 0 heterocycles. The summed E-state index contributed by atoms with van der Waals surface area (Å²) in [4.78, 5) is 0. The van der Waals surface area contributed by atoms with E-state index in [0.29, 0.717) is 13.2 Å². The second-order valence-electron chi connectivity index (χ2n) is 6.66. The zero-order valence-corrected chi connectivity index (χ0v) is 17.6. The monoisotopic (exact) mass is 422 g/mol.